The summed E-state index contributed by atoms with van der Waals surface area (Å²) in [4.78, 5) is 24.0. The van der Waals surface area contributed by atoms with Gasteiger partial charge in [-0.05, 0) is 6.92 Å². The molecule has 0 amide bonds. The molecule has 1 fully saturated rings. The normalized spacial score (nSPS) is 20.6. The van der Waals surface area contributed by atoms with Crippen molar-refractivity contribution in [2.45, 2.75) is 20.0 Å². The van der Waals surface area contributed by atoms with E-state index in [1.807, 2.05) is 4.90 Å². The first-order valence-electron chi connectivity index (χ1n) is 5.71. The van der Waals surface area contributed by atoms with Crippen LogP contribution < -0.4 is 0 Å². The molecule has 0 saturated carbocycles. The Balaban J connectivity index is 2.52. The molecule has 6 nitrogen and oxygen atoms in total. The van der Waals surface area contributed by atoms with E-state index in [0.717, 1.165) is 13.1 Å². The van der Waals surface area contributed by atoms with Gasteiger partial charge in [0.25, 0.3) is 0 Å². The average molecular weight is 245 g/mol. The highest BCUT2D eigenvalue weighted by Crippen LogP contribution is 2.12. The molecule has 0 radical (unpaired) electrons. The van der Waals surface area contributed by atoms with Crippen molar-refractivity contribution in [1.82, 2.24) is 4.90 Å². The smallest absolute Gasteiger partial charge is 0.311 e. The highest BCUT2D eigenvalue weighted by atomic mass is 16.5. The Morgan fingerprint density at radius 3 is 2.47 bits per heavy atom. The van der Waals surface area contributed by atoms with Crippen LogP contribution in [0.4, 0.5) is 0 Å². The van der Waals surface area contributed by atoms with Gasteiger partial charge in [0, 0.05) is 26.6 Å². The molecule has 17 heavy (non-hydrogen) atoms. The Bertz CT molecular complexity index is 275. The molecule has 0 aromatic carbocycles. The molecule has 1 aliphatic rings. The van der Waals surface area contributed by atoms with Crippen LogP contribution >= 0.6 is 0 Å². The summed E-state index contributed by atoms with van der Waals surface area (Å²) >= 11 is 0. The number of rotatable bonds is 5. The molecule has 1 saturated heterocycles. The predicted octanol–water partition coefficient (Wildman–Crippen LogP) is -0.0290. The van der Waals surface area contributed by atoms with E-state index in [2.05, 4.69) is 0 Å². The van der Waals surface area contributed by atoms with Crippen LogP contribution in [0.2, 0.25) is 0 Å². The van der Waals surface area contributed by atoms with Crippen molar-refractivity contribution < 1.29 is 24.2 Å². The van der Waals surface area contributed by atoms with Crippen molar-refractivity contribution in [1.29, 1.82) is 0 Å². The zero-order chi connectivity index (χ0) is 12.8. The zero-order valence-corrected chi connectivity index (χ0v) is 10.2. The van der Waals surface area contributed by atoms with Crippen molar-refractivity contribution in [3.8, 4) is 0 Å². The van der Waals surface area contributed by atoms with Crippen molar-refractivity contribution in [3.63, 3.8) is 0 Å². The number of carbonyl (C=O) groups is 2. The lowest BCUT2D eigenvalue weighted by atomic mass is 10.0. The maximum atomic E-state index is 11.1. The van der Waals surface area contributed by atoms with Crippen LogP contribution in [0.15, 0.2) is 0 Å². The number of carboxylic acids is 1. The van der Waals surface area contributed by atoms with E-state index in [1.165, 1.54) is 6.92 Å². The highest BCUT2D eigenvalue weighted by Gasteiger charge is 2.29. The minimum atomic E-state index is -0.940. The van der Waals surface area contributed by atoms with E-state index in [-0.39, 0.29) is 0 Å². The molecule has 0 bridgehead atoms. The summed E-state index contributed by atoms with van der Waals surface area (Å²) < 4.78 is 10.1. The SMILES string of the molecule is CC(=O)OC(C)C(CN1CCOCC1)C(=O)O. The second-order valence-electron chi connectivity index (χ2n) is 4.17. The molecule has 6 heteroatoms. The van der Waals surface area contributed by atoms with Crippen molar-refractivity contribution in [2.75, 3.05) is 32.8 Å². The summed E-state index contributed by atoms with van der Waals surface area (Å²) in [6.45, 7) is 5.95. The first-order valence-corrected chi connectivity index (χ1v) is 5.71. The predicted molar refractivity (Wildman–Crippen MR) is 59.6 cm³/mol. The van der Waals surface area contributed by atoms with Crippen LogP contribution in [0.1, 0.15) is 13.8 Å². The van der Waals surface area contributed by atoms with Crippen LogP contribution in [-0.4, -0.2) is 60.9 Å². The number of ether oxygens (including phenoxy) is 2. The van der Waals surface area contributed by atoms with Gasteiger partial charge in [-0.3, -0.25) is 14.5 Å². The fourth-order valence-electron chi connectivity index (χ4n) is 1.83. The Labute approximate surface area is 100 Å². The number of hydrogen-bond donors (Lipinski definition) is 1. The number of hydrogen-bond acceptors (Lipinski definition) is 5. The maximum Gasteiger partial charge on any atom is 0.311 e. The second kappa shape index (κ2) is 6.56. The summed E-state index contributed by atoms with van der Waals surface area (Å²) in [6, 6.07) is 0. The summed E-state index contributed by atoms with van der Waals surface area (Å²) in [7, 11) is 0. The molecule has 1 rings (SSSR count). The molecule has 2 atom stereocenters. The zero-order valence-electron chi connectivity index (χ0n) is 10.2. The molecule has 0 aliphatic carbocycles. The van der Waals surface area contributed by atoms with Crippen LogP contribution in [-0.2, 0) is 19.1 Å². The lowest BCUT2D eigenvalue weighted by molar-refractivity contribution is -0.157. The van der Waals surface area contributed by atoms with Gasteiger partial charge in [-0.15, -0.1) is 0 Å². The lowest BCUT2D eigenvalue weighted by Gasteiger charge is -2.30. The molecule has 98 valence electrons. The Morgan fingerprint density at radius 2 is 2.00 bits per heavy atom. The standard InChI is InChI=1S/C11H19NO5/c1-8(17-9(2)13)10(11(14)15)7-12-3-5-16-6-4-12/h8,10H,3-7H2,1-2H3,(H,14,15). The minimum Gasteiger partial charge on any atom is -0.481 e. The monoisotopic (exact) mass is 245 g/mol. The van der Waals surface area contributed by atoms with E-state index in [4.69, 9.17) is 14.6 Å². The third-order valence-corrected chi connectivity index (χ3v) is 2.79. The summed E-state index contributed by atoms with van der Waals surface area (Å²) in [5.74, 6) is -2.09. The van der Waals surface area contributed by atoms with Gasteiger partial charge in [0.2, 0.25) is 0 Å². The van der Waals surface area contributed by atoms with Gasteiger partial charge in [-0.1, -0.05) is 0 Å². The lowest BCUT2D eigenvalue weighted by Crippen LogP contribution is -2.44. The van der Waals surface area contributed by atoms with Crippen LogP contribution in [0.5, 0.6) is 0 Å². The van der Waals surface area contributed by atoms with Gasteiger partial charge in [0.05, 0.1) is 13.2 Å². The van der Waals surface area contributed by atoms with Crippen LogP contribution in [0.25, 0.3) is 0 Å². The topological polar surface area (TPSA) is 76.1 Å². The van der Waals surface area contributed by atoms with Gasteiger partial charge in [0.15, 0.2) is 0 Å². The molecular weight excluding hydrogens is 226 g/mol. The largest absolute Gasteiger partial charge is 0.481 e. The van der Waals surface area contributed by atoms with E-state index >= 15 is 0 Å². The van der Waals surface area contributed by atoms with E-state index in [0.29, 0.717) is 19.8 Å². The van der Waals surface area contributed by atoms with Crippen LogP contribution in [0, 0.1) is 5.92 Å². The summed E-state index contributed by atoms with van der Waals surface area (Å²) in [5.41, 5.74) is 0. The third kappa shape index (κ3) is 4.70. The van der Waals surface area contributed by atoms with Crippen molar-refractivity contribution in [3.05, 3.63) is 0 Å². The van der Waals surface area contributed by atoms with Crippen LogP contribution in [0.3, 0.4) is 0 Å². The molecule has 0 aromatic rings. The van der Waals surface area contributed by atoms with Crippen molar-refractivity contribution in [2.24, 2.45) is 5.92 Å². The van der Waals surface area contributed by atoms with E-state index in [1.54, 1.807) is 6.92 Å². The van der Waals surface area contributed by atoms with Crippen molar-refractivity contribution >= 4 is 11.9 Å². The number of esters is 1. The highest BCUT2D eigenvalue weighted by molar-refractivity contribution is 5.72. The quantitative estimate of drug-likeness (QED) is 0.685. The van der Waals surface area contributed by atoms with E-state index < -0.39 is 24.0 Å². The summed E-state index contributed by atoms with van der Waals surface area (Å²) in [5, 5.41) is 9.14. The van der Waals surface area contributed by atoms with Gasteiger partial charge in [0.1, 0.15) is 12.0 Å². The Hall–Kier alpha value is -1.14. The molecule has 1 N–H and O–H groups in total. The average Bonchev–Trinajstić information content (AvgIpc) is 2.25. The van der Waals surface area contributed by atoms with E-state index in [9.17, 15) is 9.59 Å². The number of morpholine rings is 1. The molecule has 0 aromatic heterocycles. The molecular formula is C11H19NO5. The van der Waals surface area contributed by atoms with Gasteiger partial charge in [-0.2, -0.15) is 0 Å². The minimum absolute atomic E-state index is 0.382. The first kappa shape index (κ1) is 13.9. The second-order valence-corrected chi connectivity index (χ2v) is 4.17. The summed E-state index contributed by atoms with van der Waals surface area (Å²) in [6.07, 6.45) is -0.618. The fourth-order valence-corrected chi connectivity index (χ4v) is 1.83. The number of carboxylic acid groups (broad SMARTS) is 1. The van der Waals surface area contributed by atoms with Gasteiger partial charge >= 0.3 is 11.9 Å². The maximum absolute atomic E-state index is 11.1. The Kier molecular flexibility index (Phi) is 5.37. The fraction of sp³-hybridized carbons (Fsp3) is 0.818. The Morgan fingerprint density at radius 1 is 1.41 bits per heavy atom. The number of aliphatic carboxylic acids is 1. The van der Waals surface area contributed by atoms with Gasteiger partial charge in [-0.25, -0.2) is 0 Å². The third-order valence-electron chi connectivity index (χ3n) is 2.79. The first-order chi connectivity index (χ1) is 8.00. The molecule has 1 aliphatic heterocycles. The molecule has 1 heterocycles. The number of nitrogens with zero attached hydrogens (tertiary/aromatic N) is 1. The molecule has 0 spiro atoms. The number of carbonyl (C=O) groups excluding carboxylic acids is 1. The van der Waals surface area contributed by atoms with Gasteiger partial charge < -0.3 is 14.6 Å². The molecule has 2 unspecified atom stereocenters.